The van der Waals surface area contributed by atoms with Gasteiger partial charge in [0.1, 0.15) is 12.2 Å². The lowest BCUT2D eigenvalue weighted by atomic mass is 9.76. The van der Waals surface area contributed by atoms with Crippen LogP contribution in [0.3, 0.4) is 0 Å². The first kappa shape index (κ1) is 35.4. The fourth-order valence-corrected chi connectivity index (χ4v) is 8.52. The maximum absolute atomic E-state index is 14.4. The third kappa shape index (κ3) is 6.80. The van der Waals surface area contributed by atoms with Crippen LogP contribution in [0, 0.1) is 6.92 Å². The number of imide groups is 2. The number of rotatable bonds is 9. The van der Waals surface area contributed by atoms with Gasteiger partial charge in [0.05, 0.1) is 16.8 Å². The first-order chi connectivity index (χ1) is 26.3. The molecule has 0 spiro atoms. The molecule has 0 radical (unpaired) electrons. The largest absolute Gasteiger partial charge is 0.490 e. The molecule has 54 heavy (non-hydrogen) atoms. The summed E-state index contributed by atoms with van der Waals surface area (Å²) in [5.74, 6) is -0.336. The van der Waals surface area contributed by atoms with E-state index >= 15 is 0 Å². The Labute approximate surface area is 323 Å². The number of benzene rings is 5. The lowest BCUT2D eigenvalue weighted by molar-refractivity contribution is -0.122. The molecule has 8 nitrogen and oxygen atoms in total. The Bertz CT molecular complexity index is 2200. The summed E-state index contributed by atoms with van der Waals surface area (Å²) in [7, 11) is 0. The quantitative estimate of drug-likeness (QED) is 0.119. The first-order valence-corrected chi connectivity index (χ1v) is 19.2. The molecule has 5 aromatic rings. The number of hydrogen-bond acceptors (Lipinski definition) is 6. The van der Waals surface area contributed by atoms with Crippen LogP contribution in [0.15, 0.2) is 119 Å². The Morgan fingerprint density at radius 2 is 1.41 bits per heavy atom. The van der Waals surface area contributed by atoms with E-state index in [9.17, 15) is 14.4 Å². The Hall–Kier alpha value is -5.67. The summed E-state index contributed by atoms with van der Waals surface area (Å²) in [5.41, 5.74) is 8.68. The average molecular weight is 783 g/mol. The predicted molar refractivity (Wildman–Crippen MR) is 214 cm³/mol. The van der Waals surface area contributed by atoms with Crippen molar-refractivity contribution in [2.24, 2.45) is 0 Å². The molecule has 3 aliphatic rings. The molecule has 9 heteroatoms. The summed E-state index contributed by atoms with van der Waals surface area (Å²) in [4.78, 5) is 45.1. The molecule has 8 rings (SSSR count). The van der Waals surface area contributed by atoms with E-state index < -0.39 is 17.8 Å². The number of carbonyl (C=O) groups is 3. The molecule has 3 heterocycles. The summed E-state index contributed by atoms with van der Waals surface area (Å²) in [5, 5.41) is 2.44. The van der Waals surface area contributed by atoms with Gasteiger partial charge in [0.15, 0.2) is 11.5 Å². The average Bonchev–Trinajstić information content (AvgIpc) is 3.18. The summed E-state index contributed by atoms with van der Waals surface area (Å²) in [6.45, 7) is 6.45. The molecule has 0 aromatic heterocycles. The summed E-state index contributed by atoms with van der Waals surface area (Å²) in [6, 6.07) is 35.6. The number of nitrogens with zero attached hydrogens (tertiary/aromatic N) is 2. The van der Waals surface area contributed by atoms with Gasteiger partial charge in [-0.05, 0) is 106 Å². The molecule has 2 atom stereocenters. The third-order valence-electron chi connectivity index (χ3n) is 10.5. The zero-order chi connectivity index (χ0) is 37.3. The molecule has 272 valence electrons. The number of anilines is 2. The molecule has 5 aromatic carbocycles. The van der Waals surface area contributed by atoms with Gasteiger partial charge in [0, 0.05) is 30.6 Å². The van der Waals surface area contributed by atoms with Crippen molar-refractivity contribution >= 4 is 51.2 Å². The zero-order valence-electron chi connectivity index (χ0n) is 30.2. The summed E-state index contributed by atoms with van der Waals surface area (Å²) in [6.07, 6.45) is 3.31. The van der Waals surface area contributed by atoms with Crippen LogP contribution in [0.4, 0.5) is 16.2 Å². The molecule has 0 unspecified atom stereocenters. The molecule has 0 bridgehead atoms. The number of aryl methyl sites for hydroxylation is 1. The third-order valence-corrected chi connectivity index (χ3v) is 11.1. The van der Waals surface area contributed by atoms with Crippen molar-refractivity contribution in [3.8, 4) is 11.5 Å². The first-order valence-electron chi connectivity index (χ1n) is 18.4. The van der Waals surface area contributed by atoms with Gasteiger partial charge in [-0.3, -0.25) is 14.9 Å². The van der Waals surface area contributed by atoms with Gasteiger partial charge < -0.3 is 14.4 Å². The molecular weight excluding hydrogens is 742 g/mol. The number of amides is 4. The number of halogens is 1. The van der Waals surface area contributed by atoms with E-state index in [1.807, 2.05) is 86.6 Å². The standard InChI is InChI=1S/C45H40BrN3O5/c1-3-53-40-24-30(23-39(46)42(40)54-27-29-16-14-28(2)15-17-29)22-38-43(50)47-45(52)49(44(38)51)33-25-36-34(31-10-6-4-7-11-31)18-20-48-21-19-35(37(26-33)41(36)48)32-12-8-5-9-13-32/h4-17,22-26,34-35H,3,18-21,27H2,1-2H3,(H,47,50,52)/b38-22+/t34-,35-/m0/s1. The molecule has 0 aliphatic carbocycles. The molecule has 0 saturated carbocycles. The van der Waals surface area contributed by atoms with E-state index in [-0.39, 0.29) is 17.4 Å². The van der Waals surface area contributed by atoms with Gasteiger partial charge >= 0.3 is 6.03 Å². The van der Waals surface area contributed by atoms with Crippen molar-refractivity contribution in [1.82, 2.24) is 5.32 Å². The van der Waals surface area contributed by atoms with Crippen LogP contribution >= 0.6 is 15.9 Å². The Kier molecular flexibility index (Phi) is 9.82. The molecule has 1 saturated heterocycles. The minimum absolute atomic E-state index is 0.0753. The second-order valence-corrected chi connectivity index (χ2v) is 14.8. The zero-order valence-corrected chi connectivity index (χ0v) is 31.8. The van der Waals surface area contributed by atoms with Gasteiger partial charge in [-0.15, -0.1) is 0 Å². The summed E-state index contributed by atoms with van der Waals surface area (Å²) < 4.78 is 12.8. The van der Waals surface area contributed by atoms with Crippen LogP contribution in [0.2, 0.25) is 0 Å². The Morgan fingerprint density at radius 3 is 2.00 bits per heavy atom. The van der Waals surface area contributed by atoms with Crippen LogP contribution in [0.25, 0.3) is 6.08 Å². The Morgan fingerprint density at radius 1 is 0.796 bits per heavy atom. The smallest absolute Gasteiger partial charge is 0.335 e. The normalized spacial score (nSPS) is 18.7. The van der Waals surface area contributed by atoms with Crippen molar-refractivity contribution in [2.45, 2.75) is 45.1 Å². The number of carbonyl (C=O) groups excluding carboxylic acids is 3. The lowest BCUT2D eigenvalue weighted by Gasteiger charge is -2.44. The maximum atomic E-state index is 14.4. The fourth-order valence-electron chi connectivity index (χ4n) is 7.94. The topological polar surface area (TPSA) is 88.2 Å². The van der Waals surface area contributed by atoms with Crippen LogP contribution in [0.5, 0.6) is 11.5 Å². The van der Waals surface area contributed by atoms with Crippen molar-refractivity contribution in [1.29, 1.82) is 0 Å². The van der Waals surface area contributed by atoms with Gasteiger partial charge in [0.25, 0.3) is 11.8 Å². The monoisotopic (exact) mass is 781 g/mol. The van der Waals surface area contributed by atoms with Gasteiger partial charge in [-0.2, -0.15) is 0 Å². The highest BCUT2D eigenvalue weighted by Gasteiger charge is 2.40. The predicted octanol–water partition coefficient (Wildman–Crippen LogP) is 9.28. The van der Waals surface area contributed by atoms with Gasteiger partial charge in [-0.25, -0.2) is 9.69 Å². The van der Waals surface area contributed by atoms with Gasteiger partial charge in [0.2, 0.25) is 0 Å². The maximum Gasteiger partial charge on any atom is 0.335 e. The molecular formula is C45H40BrN3O5. The molecule has 4 amide bonds. The van der Waals surface area contributed by atoms with Crippen LogP contribution in [-0.2, 0) is 16.2 Å². The lowest BCUT2D eigenvalue weighted by Crippen LogP contribution is -2.54. The van der Waals surface area contributed by atoms with E-state index in [4.69, 9.17) is 9.47 Å². The van der Waals surface area contributed by atoms with Crippen LogP contribution in [-0.4, -0.2) is 37.5 Å². The molecule has 1 N–H and O–H groups in total. The highest BCUT2D eigenvalue weighted by molar-refractivity contribution is 9.10. The van der Waals surface area contributed by atoms with Crippen molar-refractivity contribution in [3.63, 3.8) is 0 Å². The highest BCUT2D eigenvalue weighted by Crippen LogP contribution is 2.50. The van der Waals surface area contributed by atoms with Gasteiger partial charge in [-0.1, -0.05) is 90.5 Å². The number of nitrogens with one attached hydrogen (secondary N) is 1. The number of ether oxygens (including phenoxy) is 2. The minimum atomic E-state index is -0.777. The number of barbiturate groups is 1. The molecule has 3 aliphatic heterocycles. The van der Waals surface area contributed by atoms with E-state index in [1.54, 1.807) is 12.1 Å². The van der Waals surface area contributed by atoms with E-state index in [0.29, 0.717) is 40.4 Å². The van der Waals surface area contributed by atoms with Crippen molar-refractivity contribution in [3.05, 3.63) is 158 Å². The van der Waals surface area contributed by atoms with E-state index in [2.05, 4.69) is 50.4 Å². The fraction of sp³-hybridized carbons (Fsp3) is 0.222. The minimum Gasteiger partial charge on any atom is -0.490 e. The number of urea groups is 1. The van der Waals surface area contributed by atoms with Crippen molar-refractivity contribution < 1.29 is 23.9 Å². The highest BCUT2D eigenvalue weighted by atomic mass is 79.9. The van der Waals surface area contributed by atoms with Crippen LogP contribution < -0.4 is 24.6 Å². The second-order valence-electron chi connectivity index (χ2n) is 14.0. The second kappa shape index (κ2) is 15.0. The molecule has 1 fully saturated rings. The van der Waals surface area contributed by atoms with Crippen molar-refractivity contribution in [2.75, 3.05) is 29.5 Å². The SMILES string of the molecule is CCOc1cc(/C=C2\C(=O)NC(=O)N(c3cc4c5c(c3)[C@H](c3ccccc3)CCN5CC[C@H]4c3ccccc3)C2=O)cc(Br)c1OCc1ccc(C)cc1. The van der Waals surface area contributed by atoms with E-state index in [1.165, 1.54) is 22.9 Å². The van der Waals surface area contributed by atoms with Crippen LogP contribution in [0.1, 0.15) is 70.5 Å². The summed E-state index contributed by atoms with van der Waals surface area (Å²) >= 11 is 3.63. The van der Waals surface area contributed by atoms with E-state index in [0.717, 1.165) is 53.1 Å². The Balaban J connectivity index is 1.19. The number of hydrogen-bond donors (Lipinski definition) is 1.